The van der Waals surface area contributed by atoms with Gasteiger partial charge in [-0.3, -0.25) is 9.59 Å². The summed E-state index contributed by atoms with van der Waals surface area (Å²) < 4.78 is 5.35. The lowest BCUT2D eigenvalue weighted by atomic mass is 9.87. The first-order valence-corrected chi connectivity index (χ1v) is 10.8. The molecule has 0 unspecified atom stereocenters. The lowest BCUT2D eigenvalue weighted by Crippen LogP contribution is -2.33. The van der Waals surface area contributed by atoms with Gasteiger partial charge in [0.2, 0.25) is 5.91 Å². The molecule has 1 aromatic heterocycles. The third-order valence-electron chi connectivity index (χ3n) is 5.70. The fraction of sp³-hybridized carbons (Fsp3) is 0.455. The van der Waals surface area contributed by atoms with Gasteiger partial charge in [0.05, 0.1) is 12.0 Å². The van der Waals surface area contributed by atoms with Crippen LogP contribution in [0.2, 0.25) is 0 Å². The normalized spacial score (nSPS) is 18.6. The van der Waals surface area contributed by atoms with E-state index in [0.717, 1.165) is 61.4 Å². The summed E-state index contributed by atoms with van der Waals surface area (Å²) in [5.74, 6) is 0.993. The summed E-state index contributed by atoms with van der Waals surface area (Å²) in [5.41, 5.74) is 2.15. The van der Waals surface area contributed by atoms with Gasteiger partial charge in [-0.1, -0.05) is 18.2 Å². The highest BCUT2D eigenvalue weighted by atomic mass is 32.1. The number of aryl methyl sites for hydroxylation is 1. The monoisotopic (exact) mass is 398 g/mol. The number of carbonyl (C=O) groups excluding carboxylic acids is 2. The van der Waals surface area contributed by atoms with E-state index in [-0.39, 0.29) is 17.7 Å². The van der Waals surface area contributed by atoms with Crippen LogP contribution in [0.15, 0.2) is 30.3 Å². The van der Waals surface area contributed by atoms with Gasteiger partial charge in [0.15, 0.2) is 0 Å². The van der Waals surface area contributed by atoms with Gasteiger partial charge in [-0.05, 0) is 49.8 Å². The van der Waals surface area contributed by atoms with Crippen molar-refractivity contribution in [3.63, 3.8) is 0 Å². The minimum Gasteiger partial charge on any atom is -0.496 e. The summed E-state index contributed by atoms with van der Waals surface area (Å²) in [4.78, 5) is 29.4. The van der Waals surface area contributed by atoms with Crippen LogP contribution in [0.1, 0.15) is 44.9 Å². The average molecular weight is 399 g/mol. The number of carbonyl (C=O) groups is 2. The third kappa shape index (κ3) is 3.92. The average Bonchev–Trinajstić information content (AvgIpc) is 3.40. The molecule has 0 bridgehead atoms. The molecule has 6 heteroatoms. The quantitative estimate of drug-likeness (QED) is 0.840. The number of likely N-dealkylation sites (tertiary alicyclic amines) is 1. The molecular formula is C22H26N2O3S. The van der Waals surface area contributed by atoms with Crippen molar-refractivity contribution < 1.29 is 14.3 Å². The van der Waals surface area contributed by atoms with Crippen molar-refractivity contribution in [3.05, 3.63) is 51.2 Å². The Hall–Kier alpha value is -2.34. The van der Waals surface area contributed by atoms with E-state index < -0.39 is 0 Å². The Bertz CT molecular complexity index is 870. The fourth-order valence-corrected chi connectivity index (χ4v) is 5.28. The lowest BCUT2D eigenvalue weighted by Gasteiger charge is -2.21. The summed E-state index contributed by atoms with van der Waals surface area (Å²) in [6.07, 6.45) is 4.63. The van der Waals surface area contributed by atoms with E-state index in [0.29, 0.717) is 6.54 Å². The molecule has 1 fully saturated rings. The number of para-hydroxylation sites is 1. The molecule has 1 saturated heterocycles. The van der Waals surface area contributed by atoms with Gasteiger partial charge in [-0.15, -0.1) is 11.3 Å². The second-order valence-corrected chi connectivity index (χ2v) is 8.66. The molecule has 0 spiro atoms. The Balaban J connectivity index is 1.38. The van der Waals surface area contributed by atoms with Gasteiger partial charge in [-0.25, -0.2) is 0 Å². The van der Waals surface area contributed by atoms with Crippen LogP contribution in [0.3, 0.4) is 0 Å². The number of hydrogen-bond acceptors (Lipinski definition) is 4. The highest BCUT2D eigenvalue weighted by Gasteiger charge is 2.29. The second kappa shape index (κ2) is 8.35. The maximum Gasteiger partial charge on any atom is 0.263 e. The molecule has 1 aliphatic carbocycles. The van der Waals surface area contributed by atoms with Gasteiger partial charge < -0.3 is 15.0 Å². The van der Waals surface area contributed by atoms with Crippen LogP contribution in [-0.2, 0) is 24.2 Å². The zero-order valence-corrected chi connectivity index (χ0v) is 17.0. The van der Waals surface area contributed by atoms with Crippen molar-refractivity contribution in [1.82, 2.24) is 10.2 Å². The van der Waals surface area contributed by atoms with Gasteiger partial charge in [0.25, 0.3) is 5.91 Å². The first-order chi connectivity index (χ1) is 13.7. The molecule has 2 aromatic rings. The standard InChI is InChI=1S/C22H26N2O3S/c1-27-18-7-3-2-6-16(18)14-23-21(25)15-8-9-19-17(12-15)13-20(28-19)22(26)24-10-4-5-11-24/h2-3,6-7,13,15H,4-5,8-12,14H2,1H3,(H,23,25)/t15-/m0/s1. The summed E-state index contributed by atoms with van der Waals surface area (Å²) >= 11 is 1.62. The number of ether oxygens (including phenoxy) is 1. The number of hydrogen-bond donors (Lipinski definition) is 1. The number of thiophene rings is 1. The molecule has 148 valence electrons. The van der Waals surface area contributed by atoms with Crippen LogP contribution < -0.4 is 10.1 Å². The predicted octanol–water partition coefficient (Wildman–Crippen LogP) is 3.41. The van der Waals surface area contributed by atoms with Crippen LogP contribution in [0.25, 0.3) is 0 Å². The Labute approximate surface area is 169 Å². The minimum atomic E-state index is -0.0356. The van der Waals surface area contributed by atoms with Gasteiger partial charge in [0.1, 0.15) is 5.75 Å². The number of amides is 2. The molecule has 5 nitrogen and oxygen atoms in total. The third-order valence-corrected chi connectivity index (χ3v) is 6.93. The molecule has 1 aliphatic heterocycles. The van der Waals surface area contributed by atoms with Crippen molar-refractivity contribution >= 4 is 23.2 Å². The Morgan fingerprint density at radius 3 is 2.82 bits per heavy atom. The molecule has 1 aromatic carbocycles. The number of fused-ring (bicyclic) bond motifs is 1. The SMILES string of the molecule is COc1ccccc1CNC(=O)[C@H]1CCc2sc(C(=O)N3CCCC3)cc2C1. The predicted molar refractivity (Wildman–Crippen MR) is 110 cm³/mol. The molecule has 2 aliphatic rings. The van der Waals surface area contributed by atoms with E-state index in [1.807, 2.05) is 35.2 Å². The topological polar surface area (TPSA) is 58.6 Å². The molecule has 0 saturated carbocycles. The summed E-state index contributed by atoms with van der Waals surface area (Å²) in [7, 11) is 1.64. The van der Waals surface area contributed by atoms with Crippen LogP contribution in [0.4, 0.5) is 0 Å². The van der Waals surface area contributed by atoms with E-state index >= 15 is 0 Å². The maximum absolute atomic E-state index is 12.7. The van der Waals surface area contributed by atoms with Crippen molar-refractivity contribution in [2.45, 2.75) is 38.6 Å². The second-order valence-electron chi connectivity index (χ2n) is 7.53. The molecule has 0 radical (unpaired) electrons. The molecule has 2 amide bonds. The van der Waals surface area contributed by atoms with Crippen molar-refractivity contribution in [2.24, 2.45) is 5.92 Å². The van der Waals surface area contributed by atoms with E-state index in [1.165, 1.54) is 10.4 Å². The van der Waals surface area contributed by atoms with Crippen molar-refractivity contribution in [2.75, 3.05) is 20.2 Å². The largest absolute Gasteiger partial charge is 0.496 e. The zero-order valence-electron chi connectivity index (χ0n) is 16.2. The first kappa shape index (κ1) is 19.0. The van der Waals surface area contributed by atoms with Crippen LogP contribution in [-0.4, -0.2) is 36.9 Å². The molecular weight excluding hydrogens is 372 g/mol. The Kier molecular flexibility index (Phi) is 5.67. The molecule has 28 heavy (non-hydrogen) atoms. The van der Waals surface area contributed by atoms with Gasteiger partial charge in [-0.2, -0.15) is 0 Å². The van der Waals surface area contributed by atoms with E-state index in [4.69, 9.17) is 4.74 Å². The summed E-state index contributed by atoms with van der Waals surface area (Å²) in [6, 6.07) is 9.76. The van der Waals surface area contributed by atoms with Gasteiger partial charge in [0, 0.05) is 36.0 Å². The maximum atomic E-state index is 12.7. The smallest absolute Gasteiger partial charge is 0.263 e. The molecule has 1 atom stereocenters. The zero-order chi connectivity index (χ0) is 19.5. The van der Waals surface area contributed by atoms with E-state index in [9.17, 15) is 9.59 Å². The number of nitrogens with one attached hydrogen (secondary N) is 1. The Morgan fingerprint density at radius 1 is 1.25 bits per heavy atom. The van der Waals surface area contributed by atoms with E-state index in [1.54, 1.807) is 18.4 Å². The number of rotatable bonds is 5. The molecule has 2 heterocycles. The fourth-order valence-electron chi connectivity index (χ4n) is 4.10. The number of benzene rings is 1. The number of nitrogens with zero attached hydrogens (tertiary/aromatic N) is 1. The summed E-state index contributed by atoms with van der Waals surface area (Å²) in [5, 5.41) is 3.06. The number of methoxy groups -OCH3 is 1. The van der Waals surface area contributed by atoms with Crippen molar-refractivity contribution in [3.8, 4) is 5.75 Å². The molecule has 1 N–H and O–H groups in total. The van der Waals surface area contributed by atoms with Crippen LogP contribution in [0.5, 0.6) is 5.75 Å². The Morgan fingerprint density at radius 2 is 2.04 bits per heavy atom. The molecule has 4 rings (SSSR count). The highest BCUT2D eigenvalue weighted by Crippen LogP contribution is 2.33. The first-order valence-electron chi connectivity index (χ1n) is 9.96. The minimum absolute atomic E-state index is 0.0356. The van der Waals surface area contributed by atoms with Crippen LogP contribution in [0, 0.1) is 5.92 Å². The van der Waals surface area contributed by atoms with Gasteiger partial charge >= 0.3 is 0 Å². The van der Waals surface area contributed by atoms with Crippen LogP contribution >= 0.6 is 11.3 Å². The van der Waals surface area contributed by atoms with Crippen molar-refractivity contribution in [1.29, 1.82) is 0 Å². The lowest BCUT2D eigenvalue weighted by molar-refractivity contribution is -0.125. The summed E-state index contributed by atoms with van der Waals surface area (Å²) in [6.45, 7) is 2.21. The highest BCUT2D eigenvalue weighted by molar-refractivity contribution is 7.14. The van der Waals surface area contributed by atoms with E-state index in [2.05, 4.69) is 5.32 Å².